The smallest absolute Gasteiger partial charge is 0.224 e. The minimum absolute atomic E-state index is 0.000527. The van der Waals surface area contributed by atoms with Crippen LogP contribution in [0.3, 0.4) is 0 Å². The third-order valence-electron chi connectivity index (χ3n) is 3.04. The van der Waals surface area contributed by atoms with Gasteiger partial charge >= 0.3 is 0 Å². The van der Waals surface area contributed by atoms with Gasteiger partial charge < -0.3 is 15.7 Å². The minimum atomic E-state index is -0.777. The normalized spacial score (nSPS) is 12.9. The number of benzene rings is 1. The third-order valence-corrected chi connectivity index (χ3v) is 3.04. The van der Waals surface area contributed by atoms with E-state index in [1.807, 2.05) is 31.2 Å². The molecule has 0 fully saturated rings. The number of anilines is 1. The predicted molar refractivity (Wildman–Crippen MR) is 73.6 cm³/mol. The lowest BCUT2D eigenvalue weighted by Gasteiger charge is -2.27. The summed E-state index contributed by atoms with van der Waals surface area (Å²) in [7, 11) is 1.63. The lowest BCUT2D eigenvalue weighted by molar-refractivity contribution is -0.119. The summed E-state index contributed by atoms with van der Waals surface area (Å²) in [5.74, 6) is 0.000527. The maximum Gasteiger partial charge on any atom is 0.224 e. The monoisotopic (exact) mass is 250 g/mol. The fraction of sp³-hybridized carbons (Fsp3) is 0.500. The van der Waals surface area contributed by atoms with Crippen LogP contribution < -0.4 is 10.6 Å². The maximum absolute atomic E-state index is 11.2. The number of amides is 1. The number of nitrogens with one attached hydrogen (secondary N) is 2. The van der Waals surface area contributed by atoms with Crippen LogP contribution >= 0.6 is 0 Å². The van der Waals surface area contributed by atoms with Crippen molar-refractivity contribution in [2.45, 2.75) is 38.8 Å². The highest BCUT2D eigenvalue weighted by atomic mass is 16.3. The largest absolute Gasteiger partial charge is 0.388 e. The van der Waals surface area contributed by atoms with E-state index in [0.717, 1.165) is 11.3 Å². The van der Waals surface area contributed by atoms with Crippen LogP contribution in [0.5, 0.6) is 0 Å². The Balaban J connectivity index is 2.63. The fourth-order valence-electron chi connectivity index (χ4n) is 1.42. The van der Waals surface area contributed by atoms with Gasteiger partial charge in [0.15, 0.2) is 0 Å². The summed E-state index contributed by atoms with van der Waals surface area (Å²) >= 11 is 0. The van der Waals surface area contributed by atoms with Gasteiger partial charge in [-0.3, -0.25) is 4.79 Å². The van der Waals surface area contributed by atoms with Crippen LogP contribution in [0.15, 0.2) is 24.3 Å². The Morgan fingerprint density at radius 3 is 2.33 bits per heavy atom. The van der Waals surface area contributed by atoms with E-state index in [9.17, 15) is 9.90 Å². The SMILES string of the molecule is CNC(=O)Cc1ccc(NC(C)C(C)(C)O)cc1. The molecular formula is C14H22N2O2. The molecule has 1 atom stereocenters. The summed E-state index contributed by atoms with van der Waals surface area (Å²) < 4.78 is 0. The van der Waals surface area contributed by atoms with Crippen LogP contribution in [0, 0.1) is 0 Å². The molecule has 0 aliphatic rings. The van der Waals surface area contributed by atoms with E-state index in [-0.39, 0.29) is 11.9 Å². The zero-order valence-electron chi connectivity index (χ0n) is 11.4. The Kier molecular flexibility index (Phi) is 4.73. The predicted octanol–water partition coefficient (Wildman–Crippen LogP) is 1.55. The van der Waals surface area contributed by atoms with Crippen molar-refractivity contribution in [1.29, 1.82) is 0 Å². The van der Waals surface area contributed by atoms with Crippen molar-refractivity contribution in [3.63, 3.8) is 0 Å². The van der Waals surface area contributed by atoms with Crippen molar-refractivity contribution in [3.8, 4) is 0 Å². The average molecular weight is 250 g/mol. The molecule has 4 heteroatoms. The molecule has 1 aromatic carbocycles. The van der Waals surface area contributed by atoms with Crippen LogP contribution in [0.2, 0.25) is 0 Å². The molecule has 100 valence electrons. The number of rotatable bonds is 5. The van der Waals surface area contributed by atoms with Crippen molar-refractivity contribution in [1.82, 2.24) is 5.32 Å². The molecule has 1 aromatic rings. The van der Waals surface area contributed by atoms with Gasteiger partial charge in [-0.25, -0.2) is 0 Å². The average Bonchev–Trinajstić information content (AvgIpc) is 2.30. The van der Waals surface area contributed by atoms with Crippen molar-refractivity contribution in [2.75, 3.05) is 12.4 Å². The standard InChI is InChI=1S/C14H22N2O2/c1-10(14(2,3)18)16-12-7-5-11(6-8-12)9-13(17)15-4/h5-8,10,16,18H,9H2,1-4H3,(H,15,17). The van der Waals surface area contributed by atoms with Crippen molar-refractivity contribution >= 4 is 11.6 Å². The van der Waals surface area contributed by atoms with E-state index < -0.39 is 5.60 Å². The Labute approximate surface area is 108 Å². The van der Waals surface area contributed by atoms with Crippen LogP contribution in [0.25, 0.3) is 0 Å². The summed E-state index contributed by atoms with van der Waals surface area (Å²) in [5, 5.41) is 15.7. The van der Waals surface area contributed by atoms with E-state index in [4.69, 9.17) is 0 Å². The number of carbonyl (C=O) groups excluding carboxylic acids is 1. The molecule has 1 amide bonds. The second-order valence-corrected chi connectivity index (χ2v) is 5.07. The van der Waals surface area contributed by atoms with Gasteiger partial charge in [-0.1, -0.05) is 12.1 Å². The number of carbonyl (C=O) groups is 1. The summed E-state index contributed by atoms with van der Waals surface area (Å²) in [4.78, 5) is 11.2. The highest BCUT2D eigenvalue weighted by molar-refractivity contribution is 5.78. The first-order valence-electron chi connectivity index (χ1n) is 6.11. The first kappa shape index (κ1) is 14.5. The molecule has 3 N–H and O–H groups in total. The van der Waals surface area contributed by atoms with Crippen LogP contribution in [0.4, 0.5) is 5.69 Å². The molecule has 0 saturated carbocycles. The fourth-order valence-corrected chi connectivity index (χ4v) is 1.42. The van der Waals surface area contributed by atoms with E-state index in [1.165, 1.54) is 0 Å². The molecule has 1 unspecified atom stereocenters. The molecule has 0 bridgehead atoms. The number of hydrogen-bond acceptors (Lipinski definition) is 3. The quantitative estimate of drug-likeness (QED) is 0.743. The first-order chi connectivity index (χ1) is 8.32. The Morgan fingerprint density at radius 2 is 1.89 bits per heavy atom. The summed E-state index contributed by atoms with van der Waals surface area (Å²) in [6.07, 6.45) is 0.387. The zero-order chi connectivity index (χ0) is 13.8. The van der Waals surface area contributed by atoms with Gasteiger partial charge in [0.05, 0.1) is 18.1 Å². The minimum Gasteiger partial charge on any atom is -0.388 e. The van der Waals surface area contributed by atoms with Crippen molar-refractivity contribution in [2.24, 2.45) is 0 Å². The Bertz CT molecular complexity index is 393. The summed E-state index contributed by atoms with van der Waals surface area (Å²) in [6.45, 7) is 5.47. The lowest BCUT2D eigenvalue weighted by Crippen LogP contribution is -2.39. The second kappa shape index (κ2) is 5.87. The third kappa shape index (κ3) is 4.37. The molecule has 0 radical (unpaired) electrons. The van der Waals surface area contributed by atoms with E-state index >= 15 is 0 Å². The number of aliphatic hydroxyl groups is 1. The lowest BCUT2D eigenvalue weighted by atomic mass is 10.0. The van der Waals surface area contributed by atoms with Gasteiger partial charge in [-0.15, -0.1) is 0 Å². The van der Waals surface area contributed by atoms with E-state index in [2.05, 4.69) is 10.6 Å². The molecule has 0 aromatic heterocycles. The zero-order valence-corrected chi connectivity index (χ0v) is 11.4. The van der Waals surface area contributed by atoms with Gasteiger partial charge in [0, 0.05) is 12.7 Å². The Hall–Kier alpha value is -1.55. The number of likely N-dealkylation sites (N-methyl/N-ethyl adjacent to an activating group) is 1. The van der Waals surface area contributed by atoms with Crippen LogP contribution in [0.1, 0.15) is 26.3 Å². The molecular weight excluding hydrogens is 228 g/mol. The molecule has 1 rings (SSSR count). The molecule has 4 nitrogen and oxygen atoms in total. The van der Waals surface area contributed by atoms with Crippen molar-refractivity contribution in [3.05, 3.63) is 29.8 Å². The molecule has 0 spiro atoms. The Morgan fingerprint density at radius 1 is 1.33 bits per heavy atom. The first-order valence-corrected chi connectivity index (χ1v) is 6.11. The topological polar surface area (TPSA) is 61.4 Å². The summed E-state index contributed by atoms with van der Waals surface area (Å²) in [6, 6.07) is 7.60. The van der Waals surface area contributed by atoms with E-state index in [0.29, 0.717) is 6.42 Å². The van der Waals surface area contributed by atoms with Crippen molar-refractivity contribution < 1.29 is 9.90 Å². The molecule has 18 heavy (non-hydrogen) atoms. The van der Waals surface area contributed by atoms with Gasteiger partial charge in [0.25, 0.3) is 0 Å². The van der Waals surface area contributed by atoms with Crippen LogP contribution in [-0.4, -0.2) is 29.7 Å². The highest BCUT2D eigenvalue weighted by Crippen LogP contribution is 2.16. The van der Waals surface area contributed by atoms with E-state index in [1.54, 1.807) is 20.9 Å². The van der Waals surface area contributed by atoms with Gasteiger partial charge in [-0.05, 0) is 38.5 Å². The molecule has 0 aliphatic carbocycles. The van der Waals surface area contributed by atoms with Crippen LogP contribution in [-0.2, 0) is 11.2 Å². The van der Waals surface area contributed by atoms with Gasteiger partial charge in [0.1, 0.15) is 0 Å². The summed E-state index contributed by atoms with van der Waals surface area (Å²) in [5.41, 5.74) is 1.13. The van der Waals surface area contributed by atoms with Gasteiger partial charge in [0.2, 0.25) is 5.91 Å². The maximum atomic E-state index is 11.2. The molecule has 0 saturated heterocycles. The molecule has 0 aliphatic heterocycles. The second-order valence-electron chi connectivity index (χ2n) is 5.07. The molecule has 0 heterocycles. The number of hydrogen-bond donors (Lipinski definition) is 3. The van der Waals surface area contributed by atoms with Gasteiger partial charge in [-0.2, -0.15) is 0 Å². The highest BCUT2D eigenvalue weighted by Gasteiger charge is 2.21.